The minimum atomic E-state index is -5.11. The van der Waals surface area contributed by atoms with Crippen molar-refractivity contribution in [2.75, 3.05) is 0 Å². The summed E-state index contributed by atoms with van der Waals surface area (Å²) in [5.74, 6) is -0.841. The van der Waals surface area contributed by atoms with E-state index in [4.69, 9.17) is 0 Å². The number of rotatable bonds is 12. The van der Waals surface area contributed by atoms with Crippen LogP contribution in [-0.4, -0.2) is 21.2 Å². The van der Waals surface area contributed by atoms with Crippen molar-refractivity contribution in [3.8, 4) is 0 Å². The fourth-order valence-corrected chi connectivity index (χ4v) is 9.70. The van der Waals surface area contributed by atoms with Crippen molar-refractivity contribution in [1.29, 1.82) is 0 Å². The van der Waals surface area contributed by atoms with Crippen molar-refractivity contribution in [2.24, 2.45) is 11.8 Å². The molecular weight excluding hydrogens is 580 g/mol. The molecule has 4 rings (SSSR count). The number of halogens is 1. The van der Waals surface area contributed by atoms with E-state index in [9.17, 15) is 16.8 Å². The van der Waals surface area contributed by atoms with Crippen molar-refractivity contribution in [3.63, 3.8) is 0 Å². The second-order valence-corrected chi connectivity index (χ2v) is 16.1. The number of hydrogen-bond donors (Lipinski definition) is 0. The summed E-state index contributed by atoms with van der Waals surface area (Å²) in [5.41, 5.74) is 3.07. The lowest BCUT2D eigenvalue weighted by atomic mass is 9.95. The van der Waals surface area contributed by atoms with E-state index in [1.807, 2.05) is 36.4 Å². The van der Waals surface area contributed by atoms with Gasteiger partial charge in [-0.25, -0.2) is 21.2 Å². The SMILES string of the molecule is CC(C)Cc1ccc(/C=C/[C@H](c2ccc(CC(C)C)cc2)C(F)(S(=O)(=O)c2ccccc2)S(=O)(=O)c2ccccc2)cc1. The molecule has 0 fully saturated rings. The normalized spacial score (nSPS) is 13.6. The highest BCUT2D eigenvalue weighted by Gasteiger charge is 2.62. The maximum Gasteiger partial charge on any atom is 0.327 e. The molecular formula is C36H39FO4S2. The van der Waals surface area contributed by atoms with Gasteiger partial charge in [-0.2, -0.15) is 0 Å². The standard InChI is InChI=1S/C36H39FO4S2/c1-27(2)25-30-17-15-29(16-18-30)21-24-35(32-22-19-31(20-23-32)26-28(3)4)36(37,42(38,39)33-11-7-5-8-12-33)43(40,41)34-13-9-6-10-14-34/h5-24,27-28,35H,25-26H2,1-4H3/b24-21+/t35-/m1/s1. The lowest BCUT2D eigenvalue weighted by Crippen LogP contribution is -2.47. The summed E-state index contributed by atoms with van der Waals surface area (Å²) >= 11 is 0. The largest absolute Gasteiger partial charge is 0.327 e. The molecule has 4 aromatic rings. The summed E-state index contributed by atoms with van der Waals surface area (Å²) in [5, 5.41) is 0. The highest BCUT2D eigenvalue weighted by Crippen LogP contribution is 2.48. The van der Waals surface area contributed by atoms with Gasteiger partial charge < -0.3 is 0 Å². The lowest BCUT2D eigenvalue weighted by molar-refractivity contribution is 0.331. The minimum Gasteiger partial charge on any atom is -0.219 e. The number of hydrogen-bond acceptors (Lipinski definition) is 4. The first-order valence-corrected chi connectivity index (χ1v) is 17.5. The molecule has 4 nitrogen and oxygen atoms in total. The van der Waals surface area contributed by atoms with Crippen LogP contribution in [0.4, 0.5) is 4.39 Å². The van der Waals surface area contributed by atoms with E-state index in [2.05, 4.69) is 27.7 Å². The molecule has 1 atom stereocenters. The van der Waals surface area contributed by atoms with Crippen molar-refractivity contribution < 1.29 is 21.2 Å². The summed E-state index contributed by atoms with van der Waals surface area (Å²) < 4.78 is 71.4. The molecule has 226 valence electrons. The molecule has 0 radical (unpaired) electrons. The zero-order chi connectivity index (χ0) is 31.3. The average Bonchev–Trinajstić information content (AvgIpc) is 2.99. The van der Waals surface area contributed by atoms with Crippen molar-refractivity contribution in [2.45, 2.75) is 60.6 Å². The minimum absolute atomic E-state index is 0.238. The molecule has 43 heavy (non-hydrogen) atoms. The predicted octanol–water partition coefficient (Wildman–Crippen LogP) is 8.45. The molecule has 7 heteroatoms. The molecule has 0 saturated heterocycles. The van der Waals surface area contributed by atoms with Crippen LogP contribution in [0.1, 0.15) is 55.9 Å². The van der Waals surface area contributed by atoms with Gasteiger partial charge in [0.2, 0.25) is 19.7 Å². The third-order valence-corrected chi connectivity index (χ3v) is 12.4. The lowest BCUT2D eigenvalue weighted by Gasteiger charge is -2.32. The summed E-state index contributed by atoms with van der Waals surface area (Å²) in [6.07, 6.45) is 4.64. The highest BCUT2D eigenvalue weighted by atomic mass is 32.3. The van der Waals surface area contributed by atoms with E-state index in [1.54, 1.807) is 30.3 Å². The Labute approximate surface area is 256 Å². The first-order valence-electron chi connectivity index (χ1n) is 14.5. The van der Waals surface area contributed by atoms with E-state index in [1.165, 1.54) is 54.6 Å². The van der Waals surface area contributed by atoms with Gasteiger partial charge in [0, 0.05) is 0 Å². The third-order valence-electron chi connectivity index (χ3n) is 7.30. The Morgan fingerprint density at radius 2 is 1.00 bits per heavy atom. The van der Waals surface area contributed by atoms with E-state index in [-0.39, 0.29) is 5.56 Å². The number of allylic oxidation sites excluding steroid dienone is 1. The van der Waals surface area contributed by atoms with Gasteiger partial charge in [0.1, 0.15) is 0 Å². The zero-order valence-corrected chi connectivity index (χ0v) is 26.7. The topological polar surface area (TPSA) is 68.3 Å². The Morgan fingerprint density at radius 3 is 1.40 bits per heavy atom. The van der Waals surface area contributed by atoms with Gasteiger partial charge >= 0.3 is 4.33 Å². The van der Waals surface area contributed by atoms with Crippen LogP contribution in [0.15, 0.2) is 125 Å². The van der Waals surface area contributed by atoms with Crippen molar-refractivity contribution >= 4 is 25.8 Å². The number of alkyl halides is 1. The van der Waals surface area contributed by atoms with Crippen molar-refractivity contribution in [1.82, 2.24) is 0 Å². The van der Waals surface area contributed by atoms with Gasteiger partial charge in [0.05, 0.1) is 15.7 Å². The summed E-state index contributed by atoms with van der Waals surface area (Å²) in [6.45, 7) is 8.42. The first kappa shape index (κ1) is 32.4. The fraction of sp³-hybridized carbons (Fsp3) is 0.278. The van der Waals surface area contributed by atoms with E-state index in [0.29, 0.717) is 17.4 Å². The van der Waals surface area contributed by atoms with Gasteiger partial charge in [0.15, 0.2) is 0 Å². The maximum absolute atomic E-state index is 18.1. The molecule has 0 saturated carbocycles. The van der Waals surface area contributed by atoms with Gasteiger partial charge in [-0.1, -0.05) is 125 Å². The van der Waals surface area contributed by atoms with Gasteiger partial charge in [-0.15, -0.1) is 0 Å². The van der Waals surface area contributed by atoms with Crippen molar-refractivity contribution in [3.05, 3.63) is 138 Å². The third kappa shape index (κ3) is 7.00. The second kappa shape index (κ2) is 13.4. The molecule has 0 aliphatic carbocycles. The summed E-state index contributed by atoms with van der Waals surface area (Å²) in [6, 6.07) is 28.5. The smallest absolute Gasteiger partial charge is 0.219 e. The molecule has 0 aromatic heterocycles. The second-order valence-electron chi connectivity index (χ2n) is 11.7. The Morgan fingerprint density at radius 1 is 0.605 bits per heavy atom. The Kier molecular flexibility index (Phi) is 10.1. The Bertz CT molecular complexity index is 1660. The first-order chi connectivity index (χ1) is 20.4. The average molecular weight is 619 g/mol. The molecule has 0 bridgehead atoms. The monoisotopic (exact) mass is 618 g/mol. The maximum atomic E-state index is 18.1. The molecule has 0 amide bonds. The van der Waals surface area contributed by atoms with Crippen LogP contribution in [0.3, 0.4) is 0 Å². The van der Waals surface area contributed by atoms with Crippen LogP contribution >= 0.6 is 0 Å². The summed E-state index contributed by atoms with van der Waals surface area (Å²) in [7, 11) is -10.2. The molecule has 0 aliphatic heterocycles. The number of benzene rings is 4. The number of sulfone groups is 2. The van der Waals surface area contributed by atoms with Gasteiger partial charge in [-0.3, -0.25) is 0 Å². The zero-order valence-electron chi connectivity index (χ0n) is 25.0. The molecule has 0 aliphatic rings. The predicted molar refractivity (Wildman–Crippen MR) is 173 cm³/mol. The molecule has 0 unspecified atom stereocenters. The Balaban J connectivity index is 1.96. The van der Waals surface area contributed by atoms with Gasteiger partial charge in [-0.05, 0) is 71.2 Å². The fourth-order valence-electron chi connectivity index (χ4n) is 5.20. The highest BCUT2D eigenvalue weighted by molar-refractivity contribution is 8.10. The van der Waals surface area contributed by atoms with Crippen LogP contribution in [-0.2, 0) is 32.5 Å². The van der Waals surface area contributed by atoms with Crippen LogP contribution < -0.4 is 0 Å². The quantitative estimate of drug-likeness (QED) is 0.160. The van der Waals surface area contributed by atoms with E-state index in [0.717, 1.165) is 24.0 Å². The molecule has 0 heterocycles. The van der Waals surface area contributed by atoms with Crippen LogP contribution in [0.2, 0.25) is 0 Å². The molecule has 4 aromatic carbocycles. The van der Waals surface area contributed by atoms with Crippen LogP contribution in [0.5, 0.6) is 0 Å². The molecule has 0 spiro atoms. The van der Waals surface area contributed by atoms with Crippen LogP contribution in [0, 0.1) is 11.8 Å². The van der Waals surface area contributed by atoms with Crippen LogP contribution in [0.25, 0.3) is 6.08 Å². The van der Waals surface area contributed by atoms with Gasteiger partial charge in [0.25, 0.3) is 0 Å². The Hall–Kier alpha value is -3.55. The van der Waals surface area contributed by atoms with E-state index < -0.39 is 39.7 Å². The molecule has 0 N–H and O–H groups in total. The summed E-state index contributed by atoms with van der Waals surface area (Å²) in [4.78, 5) is -0.824. The van der Waals surface area contributed by atoms with E-state index >= 15 is 4.39 Å².